The van der Waals surface area contributed by atoms with Crippen LogP contribution in [0.4, 0.5) is 10.2 Å². The fourth-order valence-electron chi connectivity index (χ4n) is 5.32. The minimum Gasteiger partial charge on any atom is -0.385 e. The van der Waals surface area contributed by atoms with Gasteiger partial charge in [-0.3, -0.25) is 28.4 Å². The standard InChI is InChI=1S/C30H35FN8O5/c1-3-12-38-27-25(29(42)39(30(38)43)16-6-17-44-2)34-26(35-27)20-9-11-23(33-18-20)37(15-5-14-36-13-4-7-24(36)40)28(41)21-8-10-22(31)32-19-21/h8-11,18-19H,3-7,12-17H2,1-2H3,(H,34,35). The molecule has 1 fully saturated rings. The topological polar surface area (TPSA) is 148 Å². The first kappa shape index (κ1) is 30.7. The highest BCUT2D eigenvalue weighted by molar-refractivity contribution is 6.05. The molecule has 1 N–H and O–H groups in total. The highest BCUT2D eigenvalue weighted by Gasteiger charge is 2.23. The van der Waals surface area contributed by atoms with Gasteiger partial charge in [0.05, 0.1) is 5.56 Å². The Hall–Kier alpha value is -4.72. The predicted molar refractivity (Wildman–Crippen MR) is 161 cm³/mol. The smallest absolute Gasteiger partial charge is 0.332 e. The second kappa shape index (κ2) is 13.7. The third-order valence-electron chi connectivity index (χ3n) is 7.54. The Bertz CT molecular complexity index is 1750. The summed E-state index contributed by atoms with van der Waals surface area (Å²) in [7, 11) is 1.56. The van der Waals surface area contributed by atoms with E-state index in [0.717, 1.165) is 12.5 Å². The van der Waals surface area contributed by atoms with Crippen LogP contribution < -0.4 is 16.1 Å². The van der Waals surface area contributed by atoms with Gasteiger partial charge in [-0.25, -0.2) is 19.7 Å². The van der Waals surface area contributed by atoms with Crippen LogP contribution >= 0.6 is 0 Å². The van der Waals surface area contributed by atoms with Crippen LogP contribution in [-0.4, -0.2) is 79.1 Å². The van der Waals surface area contributed by atoms with Gasteiger partial charge in [0.2, 0.25) is 11.9 Å². The number of halogens is 1. The molecule has 0 bridgehead atoms. The van der Waals surface area contributed by atoms with Gasteiger partial charge < -0.3 is 14.6 Å². The van der Waals surface area contributed by atoms with E-state index >= 15 is 0 Å². The maximum atomic E-state index is 13.5. The van der Waals surface area contributed by atoms with Crippen molar-refractivity contribution in [3.63, 3.8) is 0 Å². The number of ether oxygens (including phenoxy) is 1. The fourth-order valence-corrected chi connectivity index (χ4v) is 5.32. The number of aromatic nitrogens is 6. The van der Waals surface area contributed by atoms with Crippen molar-refractivity contribution in [3.8, 4) is 11.4 Å². The Labute approximate surface area is 252 Å². The molecule has 1 aliphatic rings. The zero-order valence-corrected chi connectivity index (χ0v) is 24.8. The van der Waals surface area contributed by atoms with Crippen LogP contribution in [0.25, 0.3) is 22.6 Å². The molecule has 2 amide bonds. The lowest BCUT2D eigenvalue weighted by Gasteiger charge is -2.23. The van der Waals surface area contributed by atoms with E-state index in [2.05, 4.69) is 19.9 Å². The zero-order valence-electron chi connectivity index (χ0n) is 24.8. The van der Waals surface area contributed by atoms with Gasteiger partial charge in [0.25, 0.3) is 11.5 Å². The second-order valence-corrected chi connectivity index (χ2v) is 10.6. The van der Waals surface area contributed by atoms with Gasteiger partial charge >= 0.3 is 5.69 Å². The number of amides is 2. The number of methoxy groups -OCH3 is 1. The number of likely N-dealkylation sites (tertiary alicyclic amines) is 1. The van der Waals surface area contributed by atoms with Crippen LogP contribution in [0.1, 0.15) is 49.4 Å². The van der Waals surface area contributed by atoms with Crippen LogP contribution in [0.15, 0.2) is 46.2 Å². The van der Waals surface area contributed by atoms with Crippen LogP contribution in [0.2, 0.25) is 0 Å². The molecule has 0 radical (unpaired) electrons. The highest BCUT2D eigenvalue weighted by Crippen LogP contribution is 2.22. The largest absolute Gasteiger partial charge is 0.385 e. The summed E-state index contributed by atoms with van der Waals surface area (Å²) < 4.78 is 21.2. The number of anilines is 1. The number of nitrogens with zero attached hydrogens (tertiary/aromatic N) is 7. The van der Waals surface area contributed by atoms with Crippen molar-refractivity contribution in [2.45, 2.75) is 52.1 Å². The van der Waals surface area contributed by atoms with E-state index in [0.29, 0.717) is 69.1 Å². The van der Waals surface area contributed by atoms with E-state index in [9.17, 15) is 23.6 Å². The molecule has 44 heavy (non-hydrogen) atoms. The molecule has 1 saturated heterocycles. The predicted octanol–water partition coefficient (Wildman–Crippen LogP) is 2.59. The molecule has 13 nitrogen and oxygen atoms in total. The molecule has 0 aromatic carbocycles. The van der Waals surface area contributed by atoms with Crippen LogP contribution in [0.3, 0.4) is 0 Å². The van der Waals surface area contributed by atoms with Gasteiger partial charge in [0.15, 0.2) is 5.65 Å². The number of carbonyl (C=O) groups is 2. The van der Waals surface area contributed by atoms with Gasteiger partial charge in [-0.2, -0.15) is 4.39 Å². The lowest BCUT2D eigenvalue weighted by molar-refractivity contribution is -0.127. The van der Waals surface area contributed by atoms with Crippen molar-refractivity contribution in [2.24, 2.45) is 0 Å². The SMILES string of the molecule is CCCn1c(=O)n(CCCOC)c(=O)c2[nH]c(-c3ccc(N(CCCN4CCCC4=O)C(=O)c4ccc(F)nc4)nc3)nc21. The maximum Gasteiger partial charge on any atom is 0.332 e. The molecule has 232 valence electrons. The summed E-state index contributed by atoms with van der Waals surface area (Å²) in [5.74, 6) is -0.310. The summed E-state index contributed by atoms with van der Waals surface area (Å²) in [5, 5.41) is 0. The third-order valence-corrected chi connectivity index (χ3v) is 7.54. The summed E-state index contributed by atoms with van der Waals surface area (Å²) in [6.45, 7) is 4.43. The van der Waals surface area contributed by atoms with E-state index in [1.54, 1.807) is 24.1 Å². The highest BCUT2D eigenvalue weighted by atomic mass is 19.1. The number of imidazole rings is 1. The van der Waals surface area contributed by atoms with Crippen LogP contribution in [0.5, 0.6) is 0 Å². The first-order valence-corrected chi connectivity index (χ1v) is 14.7. The van der Waals surface area contributed by atoms with Crippen molar-refractivity contribution < 1.29 is 18.7 Å². The van der Waals surface area contributed by atoms with E-state index in [1.165, 1.54) is 32.5 Å². The number of hydrogen-bond donors (Lipinski definition) is 1. The van der Waals surface area contributed by atoms with Crippen molar-refractivity contribution in [3.05, 3.63) is 69.0 Å². The summed E-state index contributed by atoms with van der Waals surface area (Å²) in [6, 6.07) is 5.85. The lowest BCUT2D eigenvalue weighted by atomic mass is 10.2. The van der Waals surface area contributed by atoms with Gasteiger partial charge in [-0.1, -0.05) is 6.92 Å². The van der Waals surface area contributed by atoms with E-state index < -0.39 is 23.1 Å². The number of aromatic amines is 1. The minimum atomic E-state index is -0.694. The first-order chi connectivity index (χ1) is 21.3. The molecule has 4 aromatic rings. The molecular formula is C30H35FN8O5. The number of carbonyl (C=O) groups excluding carboxylic acids is 2. The molecule has 0 spiro atoms. The molecule has 4 aromatic heterocycles. The molecule has 0 unspecified atom stereocenters. The van der Waals surface area contributed by atoms with E-state index in [1.807, 2.05) is 6.92 Å². The second-order valence-electron chi connectivity index (χ2n) is 10.6. The molecule has 0 aliphatic carbocycles. The van der Waals surface area contributed by atoms with E-state index in [-0.39, 0.29) is 35.7 Å². The fraction of sp³-hybridized carbons (Fsp3) is 0.433. The van der Waals surface area contributed by atoms with Crippen molar-refractivity contribution >= 4 is 28.8 Å². The normalized spacial score (nSPS) is 13.2. The Balaban J connectivity index is 1.45. The Morgan fingerprint density at radius 1 is 1.05 bits per heavy atom. The lowest BCUT2D eigenvalue weighted by Crippen LogP contribution is -2.40. The Morgan fingerprint density at radius 3 is 2.55 bits per heavy atom. The van der Waals surface area contributed by atoms with Gasteiger partial charge in [0, 0.05) is 70.8 Å². The number of H-pyrrole nitrogens is 1. The third kappa shape index (κ3) is 6.44. The van der Waals surface area contributed by atoms with Crippen molar-refractivity contribution in [1.29, 1.82) is 0 Å². The van der Waals surface area contributed by atoms with Crippen molar-refractivity contribution in [2.75, 3.05) is 38.3 Å². The average Bonchev–Trinajstić information content (AvgIpc) is 3.66. The van der Waals surface area contributed by atoms with E-state index in [4.69, 9.17) is 4.74 Å². The molecule has 5 rings (SSSR count). The number of rotatable bonds is 13. The molecule has 1 aliphatic heterocycles. The maximum absolute atomic E-state index is 13.5. The Kier molecular flexibility index (Phi) is 9.58. The quantitative estimate of drug-likeness (QED) is 0.180. The van der Waals surface area contributed by atoms with Gasteiger partial charge in [0.1, 0.15) is 17.2 Å². The number of hydrogen-bond acceptors (Lipinski definition) is 8. The zero-order chi connectivity index (χ0) is 31.2. The summed E-state index contributed by atoms with van der Waals surface area (Å²) in [4.78, 5) is 71.0. The molecule has 14 heteroatoms. The molecular weight excluding hydrogens is 571 g/mol. The summed E-state index contributed by atoms with van der Waals surface area (Å²) >= 11 is 0. The minimum absolute atomic E-state index is 0.102. The summed E-state index contributed by atoms with van der Waals surface area (Å²) in [5.41, 5.74) is 0.337. The Morgan fingerprint density at radius 2 is 1.89 bits per heavy atom. The average molecular weight is 607 g/mol. The summed E-state index contributed by atoms with van der Waals surface area (Å²) in [6.07, 6.45) is 5.75. The number of fused-ring (bicyclic) bond motifs is 1. The number of aryl methyl sites for hydroxylation is 1. The monoisotopic (exact) mass is 606 g/mol. The molecule has 0 atom stereocenters. The van der Waals surface area contributed by atoms with Crippen molar-refractivity contribution in [1.82, 2.24) is 34.0 Å². The van der Waals surface area contributed by atoms with Crippen LogP contribution in [0, 0.1) is 5.95 Å². The number of pyridine rings is 2. The molecule has 5 heterocycles. The van der Waals surface area contributed by atoms with Gasteiger partial charge in [-0.05, 0) is 49.9 Å². The number of nitrogens with one attached hydrogen (secondary N) is 1. The van der Waals surface area contributed by atoms with Gasteiger partial charge in [-0.15, -0.1) is 0 Å². The molecule has 0 saturated carbocycles. The van der Waals surface area contributed by atoms with Crippen LogP contribution in [-0.2, 0) is 22.6 Å². The first-order valence-electron chi connectivity index (χ1n) is 14.7.